The Kier molecular flexibility index (Phi) is 4.12. The fourth-order valence-electron chi connectivity index (χ4n) is 1.46. The van der Waals surface area contributed by atoms with E-state index in [4.69, 9.17) is 0 Å². The van der Waals surface area contributed by atoms with E-state index in [1.54, 1.807) is 0 Å². The molecule has 1 aromatic carbocycles. The highest BCUT2D eigenvalue weighted by Crippen LogP contribution is 2.37. The molecule has 0 unspecified atom stereocenters. The van der Waals surface area contributed by atoms with Crippen LogP contribution in [0.15, 0.2) is 11.5 Å². The first-order chi connectivity index (χ1) is 9.73. The largest absolute Gasteiger partial charge is 0.422 e. The fourth-order valence-corrected chi connectivity index (χ4v) is 2.23. The van der Waals surface area contributed by atoms with Crippen LogP contribution in [-0.2, 0) is 11.9 Å². The maximum atomic E-state index is 13.5. The van der Waals surface area contributed by atoms with Crippen LogP contribution in [-0.4, -0.2) is 15.2 Å². The van der Waals surface area contributed by atoms with Gasteiger partial charge in [0.05, 0.1) is 0 Å². The first-order valence-electron chi connectivity index (χ1n) is 5.13. The molecule has 0 saturated carbocycles. The number of hydrogen-bond donors (Lipinski definition) is 1. The van der Waals surface area contributed by atoms with Crippen molar-refractivity contribution in [3.8, 4) is 0 Å². The van der Waals surface area contributed by atoms with E-state index in [1.807, 2.05) is 0 Å². The van der Waals surface area contributed by atoms with Crippen LogP contribution in [0.3, 0.4) is 0 Å². The Hall–Kier alpha value is -1.78. The van der Waals surface area contributed by atoms with Crippen molar-refractivity contribution in [1.82, 2.24) is 15.2 Å². The van der Waals surface area contributed by atoms with Gasteiger partial charge in [-0.2, -0.15) is 18.3 Å². The SMILES string of the molecule is Fc1c(F)c(C(F)(F)F)c(F)c(F)c1CSc1ncn[nH]1. The minimum absolute atomic E-state index is 0.0783. The summed E-state index contributed by atoms with van der Waals surface area (Å²) in [5.74, 6) is -9.80. The first-order valence-corrected chi connectivity index (χ1v) is 6.12. The molecule has 1 aromatic heterocycles. The van der Waals surface area contributed by atoms with E-state index in [0.29, 0.717) is 11.8 Å². The maximum Gasteiger partial charge on any atom is 0.422 e. The second-order valence-electron chi connectivity index (χ2n) is 3.69. The Bertz CT molecular complexity index is 625. The van der Waals surface area contributed by atoms with E-state index in [0.717, 1.165) is 6.33 Å². The van der Waals surface area contributed by atoms with E-state index < -0.39 is 46.3 Å². The van der Waals surface area contributed by atoms with Gasteiger partial charge in [-0.05, 0) is 0 Å². The zero-order valence-electron chi connectivity index (χ0n) is 9.73. The molecule has 0 saturated heterocycles. The number of aromatic nitrogens is 3. The quantitative estimate of drug-likeness (QED) is 0.530. The molecule has 114 valence electrons. The summed E-state index contributed by atoms with van der Waals surface area (Å²) in [6.07, 6.45) is -4.48. The lowest BCUT2D eigenvalue weighted by molar-refractivity contribution is -0.143. The lowest BCUT2D eigenvalue weighted by atomic mass is 10.1. The van der Waals surface area contributed by atoms with Crippen molar-refractivity contribution in [2.75, 3.05) is 0 Å². The normalized spacial score (nSPS) is 12.0. The predicted octanol–water partition coefficient (Wildman–Crippen LogP) is 3.67. The molecule has 0 radical (unpaired) electrons. The lowest BCUT2D eigenvalue weighted by Gasteiger charge is -2.13. The van der Waals surface area contributed by atoms with E-state index in [1.165, 1.54) is 0 Å². The Morgan fingerprint density at radius 1 is 1.00 bits per heavy atom. The predicted molar refractivity (Wildman–Crippen MR) is 57.2 cm³/mol. The third kappa shape index (κ3) is 2.96. The van der Waals surface area contributed by atoms with Crippen LogP contribution in [0, 0.1) is 23.3 Å². The van der Waals surface area contributed by atoms with Gasteiger partial charge in [-0.25, -0.2) is 22.5 Å². The minimum atomic E-state index is -5.55. The van der Waals surface area contributed by atoms with Crippen molar-refractivity contribution in [3.05, 3.63) is 40.7 Å². The summed E-state index contributed by atoms with van der Waals surface area (Å²) >= 11 is 0.616. The van der Waals surface area contributed by atoms with E-state index in [9.17, 15) is 30.7 Å². The van der Waals surface area contributed by atoms with E-state index >= 15 is 0 Å². The monoisotopic (exact) mass is 331 g/mol. The third-order valence-electron chi connectivity index (χ3n) is 2.38. The van der Waals surface area contributed by atoms with E-state index in [-0.39, 0.29) is 5.16 Å². The molecule has 0 fully saturated rings. The molecular formula is C10H4F7N3S. The molecule has 0 aliphatic rings. The molecule has 3 nitrogen and oxygen atoms in total. The maximum absolute atomic E-state index is 13.5. The van der Waals surface area contributed by atoms with Gasteiger partial charge in [0.2, 0.25) is 0 Å². The molecule has 11 heteroatoms. The van der Waals surface area contributed by atoms with Gasteiger partial charge in [0.1, 0.15) is 11.9 Å². The van der Waals surface area contributed by atoms with Crippen LogP contribution in [0.25, 0.3) is 0 Å². The Morgan fingerprint density at radius 3 is 2.00 bits per heavy atom. The smallest absolute Gasteiger partial charge is 0.254 e. The molecule has 2 rings (SSSR count). The van der Waals surface area contributed by atoms with Crippen LogP contribution in [0.5, 0.6) is 0 Å². The van der Waals surface area contributed by atoms with Crippen LogP contribution in [0.2, 0.25) is 0 Å². The number of hydrogen-bond acceptors (Lipinski definition) is 3. The summed E-state index contributed by atoms with van der Waals surface area (Å²) in [5, 5.41) is 5.80. The standard InChI is InChI=1S/C10H4F7N3S/c11-5-3(1-21-9-18-2-19-20-9)6(12)8(14)4(7(5)13)10(15,16)17/h2H,1H2,(H,18,19,20). The molecule has 0 atom stereocenters. The molecule has 1 N–H and O–H groups in total. The second kappa shape index (κ2) is 5.54. The fraction of sp³-hybridized carbons (Fsp3) is 0.200. The summed E-state index contributed by atoms with van der Waals surface area (Å²) in [7, 11) is 0. The zero-order valence-corrected chi connectivity index (χ0v) is 10.5. The molecule has 0 spiro atoms. The van der Waals surface area contributed by atoms with Crippen molar-refractivity contribution in [2.24, 2.45) is 0 Å². The van der Waals surface area contributed by atoms with Crippen molar-refractivity contribution < 1.29 is 30.7 Å². The average Bonchev–Trinajstić information content (AvgIpc) is 2.88. The summed E-state index contributed by atoms with van der Waals surface area (Å²) in [4.78, 5) is 3.58. The summed E-state index contributed by atoms with van der Waals surface area (Å²) in [6, 6.07) is 0. The first kappa shape index (κ1) is 15.6. The Morgan fingerprint density at radius 2 is 1.57 bits per heavy atom. The van der Waals surface area contributed by atoms with Crippen LogP contribution in [0.1, 0.15) is 11.1 Å². The topological polar surface area (TPSA) is 41.6 Å². The van der Waals surface area contributed by atoms with Gasteiger partial charge in [-0.3, -0.25) is 5.10 Å². The van der Waals surface area contributed by atoms with Crippen molar-refractivity contribution in [1.29, 1.82) is 0 Å². The van der Waals surface area contributed by atoms with Gasteiger partial charge in [0, 0.05) is 11.3 Å². The molecule has 0 bridgehead atoms. The number of halogens is 7. The number of thioether (sulfide) groups is 1. The molecule has 0 aliphatic carbocycles. The molecule has 1 heterocycles. The Balaban J connectivity index is 2.44. The van der Waals surface area contributed by atoms with Crippen molar-refractivity contribution in [2.45, 2.75) is 17.1 Å². The summed E-state index contributed by atoms with van der Waals surface area (Å²) in [5.41, 5.74) is -3.75. The van der Waals surface area contributed by atoms with Crippen LogP contribution >= 0.6 is 11.8 Å². The minimum Gasteiger partial charge on any atom is -0.254 e. The second-order valence-corrected chi connectivity index (χ2v) is 4.65. The highest BCUT2D eigenvalue weighted by atomic mass is 32.2. The van der Waals surface area contributed by atoms with Crippen LogP contribution in [0.4, 0.5) is 30.7 Å². The summed E-state index contributed by atoms with van der Waals surface area (Å²) in [6.45, 7) is 0. The number of aromatic amines is 1. The summed E-state index contributed by atoms with van der Waals surface area (Å²) < 4.78 is 90.8. The molecule has 0 aliphatic heterocycles. The van der Waals surface area contributed by atoms with Gasteiger partial charge < -0.3 is 0 Å². The third-order valence-corrected chi connectivity index (χ3v) is 3.29. The number of H-pyrrole nitrogens is 1. The number of benzene rings is 1. The van der Waals surface area contributed by atoms with Gasteiger partial charge in [-0.1, -0.05) is 11.8 Å². The van der Waals surface area contributed by atoms with Gasteiger partial charge in [0.25, 0.3) is 0 Å². The highest BCUT2D eigenvalue weighted by molar-refractivity contribution is 7.98. The van der Waals surface area contributed by atoms with Crippen LogP contribution < -0.4 is 0 Å². The average molecular weight is 331 g/mol. The van der Waals surface area contributed by atoms with Gasteiger partial charge >= 0.3 is 6.18 Å². The number of nitrogens with zero attached hydrogens (tertiary/aromatic N) is 2. The Labute approximate surface area is 116 Å². The number of rotatable bonds is 3. The molecule has 2 aromatic rings. The number of alkyl halides is 3. The number of nitrogens with one attached hydrogen (secondary N) is 1. The van der Waals surface area contributed by atoms with E-state index in [2.05, 4.69) is 15.2 Å². The molecular weight excluding hydrogens is 327 g/mol. The highest BCUT2D eigenvalue weighted by Gasteiger charge is 2.42. The zero-order chi connectivity index (χ0) is 15.8. The van der Waals surface area contributed by atoms with Gasteiger partial charge in [0.15, 0.2) is 28.4 Å². The van der Waals surface area contributed by atoms with Gasteiger partial charge in [-0.15, -0.1) is 0 Å². The van der Waals surface area contributed by atoms with Crippen molar-refractivity contribution in [3.63, 3.8) is 0 Å². The molecule has 21 heavy (non-hydrogen) atoms. The molecule has 0 amide bonds. The van der Waals surface area contributed by atoms with Crippen molar-refractivity contribution >= 4 is 11.8 Å². The lowest BCUT2D eigenvalue weighted by Crippen LogP contribution is -2.16.